The van der Waals surface area contributed by atoms with Crippen LogP contribution in [-0.2, 0) is 26.2 Å². The van der Waals surface area contributed by atoms with E-state index < -0.39 is 22.0 Å². The van der Waals surface area contributed by atoms with Crippen LogP contribution in [0.15, 0.2) is 54.6 Å². The van der Waals surface area contributed by atoms with E-state index in [2.05, 4.69) is 27.9 Å². The second kappa shape index (κ2) is 12.7. The molecule has 0 saturated heterocycles. The number of benzene rings is 2. The van der Waals surface area contributed by atoms with Gasteiger partial charge in [-0.3, -0.25) is 13.9 Å². The van der Waals surface area contributed by atoms with E-state index in [0.29, 0.717) is 12.1 Å². The summed E-state index contributed by atoms with van der Waals surface area (Å²) >= 11 is 2.14. The van der Waals surface area contributed by atoms with Gasteiger partial charge in [-0.2, -0.15) is 0 Å². The molecule has 1 fully saturated rings. The van der Waals surface area contributed by atoms with Crippen LogP contribution >= 0.6 is 22.6 Å². The highest BCUT2D eigenvalue weighted by molar-refractivity contribution is 14.1. The van der Waals surface area contributed by atoms with Gasteiger partial charge >= 0.3 is 0 Å². The van der Waals surface area contributed by atoms with Crippen molar-refractivity contribution in [1.29, 1.82) is 0 Å². The average molecular weight is 612 g/mol. The van der Waals surface area contributed by atoms with Crippen molar-refractivity contribution in [2.24, 2.45) is 0 Å². The van der Waals surface area contributed by atoms with E-state index in [0.717, 1.165) is 45.4 Å². The molecule has 0 radical (unpaired) electrons. The molecular formula is C26H34IN3O4S. The standard InChI is InChI=1S/C26H34IN3O4S/c1-3-24(26(32)28-22-12-8-5-9-13-22)29(18-20-10-6-4-7-11-20)25(31)19-30(35(2,33)34)23-16-14-21(27)15-17-23/h4,6-7,10-11,14-17,22,24H,3,5,8-9,12-13,18-19H2,1-2H3,(H,28,32)/t24-/m0/s1. The molecule has 3 rings (SSSR count). The molecule has 35 heavy (non-hydrogen) atoms. The lowest BCUT2D eigenvalue weighted by atomic mass is 9.95. The highest BCUT2D eigenvalue weighted by Gasteiger charge is 2.32. The Kier molecular flexibility index (Phi) is 9.97. The van der Waals surface area contributed by atoms with Gasteiger partial charge in [0.2, 0.25) is 21.8 Å². The zero-order valence-electron chi connectivity index (χ0n) is 20.3. The summed E-state index contributed by atoms with van der Waals surface area (Å²) in [5.74, 6) is -0.590. The number of carbonyl (C=O) groups excluding carboxylic acids is 2. The lowest BCUT2D eigenvalue weighted by Gasteiger charge is -2.34. The maximum absolute atomic E-state index is 13.7. The number of carbonyl (C=O) groups is 2. The summed E-state index contributed by atoms with van der Waals surface area (Å²) in [4.78, 5) is 28.5. The Labute approximate surface area is 222 Å². The summed E-state index contributed by atoms with van der Waals surface area (Å²) < 4.78 is 27.4. The van der Waals surface area contributed by atoms with E-state index in [9.17, 15) is 18.0 Å². The number of amides is 2. The maximum atomic E-state index is 13.7. The van der Waals surface area contributed by atoms with Crippen LogP contribution in [0.2, 0.25) is 0 Å². The molecular weight excluding hydrogens is 577 g/mol. The van der Waals surface area contributed by atoms with Crippen molar-refractivity contribution in [3.05, 3.63) is 63.7 Å². The number of nitrogens with one attached hydrogen (secondary N) is 1. The molecule has 190 valence electrons. The van der Waals surface area contributed by atoms with Gasteiger partial charge in [-0.15, -0.1) is 0 Å². The lowest BCUT2D eigenvalue weighted by Crippen LogP contribution is -2.53. The van der Waals surface area contributed by atoms with Crippen LogP contribution in [0, 0.1) is 3.57 Å². The molecule has 0 aliphatic heterocycles. The van der Waals surface area contributed by atoms with Gasteiger partial charge in [0.25, 0.3) is 0 Å². The molecule has 2 aromatic rings. The second-order valence-electron chi connectivity index (χ2n) is 9.02. The normalized spacial score (nSPS) is 15.3. The molecule has 1 saturated carbocycles. The van der Waals surface area contributed by atoms with Crippen molar-refractivity contribution in [3.8, 4) is 0 Å². The molecule has 9 heteroatoms. The van der Waals surface area contributed by atoms with Crippen molar-refractivity contribution < 1.29 is 18.0 Å². The highest BCUT2D eigenvalue weighted by Crippen LogP contribution is 2.22. The number of anilines is 1. The highest BCUT2D eigenvalue weighted by atomic mass is 127. The van der Waals surface area contributed by atoms with Gasteiger partial charge in [0.05, 0.1) is 11.9 Å². The van der Waals surface area contributed by atoms with E-state index >= 15 is 0 Å². The lowest BCUT2D eigenvalue weighted by molar-refractivity contribution is -0.140. The molecule has 1 aliphatic rings. The molecule has 7 nitrogen and oxygen atoms in total. The summed E-state index contributed by atoms with van der Waals surface area (Å²) in [6.07, 6.45) is 6.78. The van der Waals surface area contributed by atoms with Gasteiger partial charge in [0, 0.05) is 16.2 Å². The fraction of sp³-hybridized carbons (Fsp3) is 0.462. The average Bonchev–Trinajstić information content (AvgIpc) is 2.83. The number of hydrogen-bond acceptors (Lipinski definition) is 4. The number of sulfonamides is 1. The molecule has 1 aliphatic carbocycles. The first-order valence-electron chi connectivity index (χ1n) is 12.1. The minimum absolute atomic E-state index is 0.123. The molecule has 0 spiro atoms. The van der Waals surface area contributed by atoms with Crippen molar-refractivity contribution in [3.63, 3.8) is 0 Å². The minimum Gasteiger partial charge on any atom is -0.352 e. The SMILES string of the molecule is CC[C@@H](C(=O)NC1CCCCC1)N(Cc1ccccc1)C(=O)CN(c1ccc(I)cc1)S(C)(=O)=O. The summed E-state index contributed by atoms with van der Waals surface area (Å²) in [5.41, 5.74) is 1.30. The number of halogens is 1. The second-order valence-corrected chi connectivity index (χ2v) is 12.2. The van der Waals surface area contributed by atoms with Crippen LogP contribution in [0.1, 0.15) is 51.0 Å². The number of rotatable bonds is 10. The largest absolute Gasteiger partial charge is 0.352 e. The molecule has 0 unspecified atom stereocenters. The Hall–Kier alpha value is -2.14. The van der Waals surface area contributed by atoms with Gasteiger partial charge in [0.15, 0.2) is 0 Å². The van der Waals surface area contributed by atoms with Crippen LogP contribution in [0.4, 0.5) is 5.69 Å². The summed E-state index contributed by atoms with van der Waals surface area (Å²) in [5, 5.41) is 3.15. The monoisotopic (exact) mass is 611 g/mol. The van der Waals surface area contributed by atoms with E-state index in [1.807, 2.05) is 37.3 Å². The Morgan fingerprint density at radius 1 is 1.03 bits per heavy atom. The molecule has 0 aromatic heterocycles. The first-order valence-corrected chi connectivity index (χ1v) is 15.0. The van der Waals surface area contributed by atoms with Crippen molar-refractivity contribution in [2.75, 3.05) is 17.1 Å². The first kappa shape index (κ1) is 27.4. The summed E-state index contributed by atoms with van der Waals surface area (Å²) in [6, 6.07) is 15.9. The maximum Gasteiger partial charge on any atom is 0.244 e. The molecule has 0 heterocycles. The van der Waals surface area contributed by atoms with Gasteiger partial charge in [-0.05, 0) is 71.7 Å². The molecule has 2 aromatic carbocycles. The van der Waals surface area contributed by atoms with E-state index in [4.69, 9.17) is 0 Å². The molecule has 1 N–H and O–H groups in total. The van der Waals surface area contributed by atoms with E-state index in [-0.39, 0.29) is 25.0 Å². The Morgan fingerprint density at radius 3 is 2.23 bits per heavy atom. The number of nitrogens with zero attached hydrogens (tertiary/aromatic N) is 2. The van der Waals surface area contributed by atoms with Crippen molar-refractivity contribution >= 4 is 50.1 Å². The minimum atomic E-state index is -3.72. The molecule has 2 amide bonds. The zero-order valence-corrected chi connectivity index (χ0v) is 23.3. The van der Waals surface area contributed by atoms with Gasteiger partial charge in [0.1, 0.15) is 12.6 Å². The Bertz CT molecular complexity index is 1090. The number of hydrogen-bond donors (Lipinski definition) is 1. The smallest absolute Gasteiger partial charge is 0.244 e. The predicted octanol–water partition coefficient (Wildman–Crippen LogP) is 4.31. The quantitative estimate of drug-likeness (QED) is 0.406. The summed E-state index contributed by atoms with van der Waals surface area (Å²) in [6.45, 7) is 1.73. The third kappa shape index (κ3) is 7.93. The van der Waals surface area contributed by atoms with Crippen molar-refractivity contribution in [2.45, 2.75) is 64.1 Å². The fourth-order valence-electron chi connectivity index (χ4n) is 4.46. The van der Waals surface area contributed by atoms with Gasteiger partial charge in [-0.1, -0.05) is 56.5 Å². The Morgan fingerprint density at radius 2 is 1.66 bits per heavy atom. The van der Waals surface area contributed by atoms with Gasteiger partial charge in [-0.25, -0.2) is 8.42 Å². The van der Waals surface area contributed by atoms with Crippen LogP contribution in [0.25, 0.3) is 0 Å². The third-order valence-electron chi connectivity index (χ3n) is 6.33. The van der Waals surface area contributed by atoms with Crippen LogP contribution in [-0.4, -0.2) is 50.0 Å². The Balaban J connectivity index is 1.88. The fourth-order valence-corrected chi connectivity index (χ4v) is 5.67. The van der Waals surface area contributed by atoms with Crippen LogP contribution in [0.5, 0.6) is 0 Å². The predicted molar refractivity (Wildman–Crippen MR) is 147 cm³/mol. The third-order valence-corrected chi connectivity index (χ3v) is 8.19. The van der Waals surface area contributed by atoms with E-state index in [1.165, 1.54) is 11.3 Å². The molecule has 1 atom stereocenters. The van der Waals surface area contributed by atoms with Crippen molar-refractivity contribution in [1.82, 2.24) is 10.2 Å². The van der Waals surface area contributed by atoms with Crippen LogP contribution in [0.3, 0.4) is 0 Å². The first-order chi connectivity index (χ1) is 16.7. The summed E-state index contributed by atoms with van der Waals surface area (Å²) in [7, 11) is -3.72. The van der Waals surface area contributed by atoms with E-state index in [1.54, 1.807) is 24.3 Å². The zero-order chi connectivity index (χ0) is 25.4. The van der Waals surface area contributed by atoms with Crippen LogP contribution < -0.4 is 9.62 Å². The van der Waals surface area contributed by atoms with Gasteiger partial charge < -0.3 is 10.2 Å². The topological polar surface area (TPSA) is 86.8 Å². The molecule has 0 bridgehead atoms.